The number of hydrogen-bond acceptors (Lipinski definition) is 5. The van der Waals surface area contributed by atoms with Gasteiger partial charge in [0, 0.05) is 23.8 Å². The van der Waals surface area contributed by atoms with Crippen LogP contribution < -0.4 is 10.6 Å². The molecule has 0 unspecified atom stereocenters. The van der Waals surface area contributed by atoms with Crippen LogP contribution in [0.4, 0.5) is 13.2 Å². The third-order valence-electron chi connectivity index (χ3n) is 5.90. The minimum absolute atomic E-state index is 0.00415. The molecule has 1 aliphatic heterocycles. The average Bonchev–Trinajstić information content (AvgIpc) is 3.31. The monoisotopic (exact) mass is 470 g/mol. The number of carbonyl (C=O) groups excluding carboxylic acids is 1. The minimum atomic E-state index is -4.56. The van der Waals surface area contributed by atoms with Gasteiger partial charge >= 0.3 is 6.18 Å². The molecule has 1 amide bonds. The molecule has 0 radical (unpaired) electrons. The lowest BCUT2D eigenvalue weighted by molar-refractivity contribution is -0.141. The average molecular weight is 470 g/mol. The highest BCUT2D eigenvalue weighted by molar-refractivity contribution is 5.94. The van der Waals surface area contributed by atoms with Crippen molar-refractivity contribution in [2.24, 2.45) is 0 Å². The number of nitrogens with zero attached hydrogens (tertiary/aromatic N) is 2. The van der Waals surface area contributed by atoms with Crippen molar-refractivity contribution >= 4 is 5.91 Å². The van der Waals surface area contributed by atoms with Crippen molar-refractivity contribution in [1.82, 2.24) is 20.6 Å². The molecule has 0 saturated carbocycles. The van der Waals surface area contributed by atoms with Gasteiger partial charge in [0.15, 0.2) is 0 Å². The van der Waals surface area contributed by atoms with Crippen LogP contribution in [0.25, 0.3) is 0 Å². The number of aromatic nitrogens is 2. The first kappa shape index (κ1) is 23.8. The molecule has 0 spiro atoms. The van der Waals surface area contributed by atoms with Crippen molar-refractivity contribution in [2.45, 2.75) is 50.2 Å². The van der Waals surface area contributed by atoms with Crippen LogP contribution in [0.3, 0.4) is 0 Å². The minimum Gasteiger partial charge on any atom is -0.387 e. The zero-order valence-electron chi connectivity index (χ0n) is 18.3. The van der Waals surface area contributed by atoms with Crippen molar-refractivity contribution in [1.29, 1.82) is 0 Å². The molecule has 4 rings (SSSR count). The lowest BCUT2D eigenvalue weighted by Gasteiger charge is -2.20. The second-order valence-corrected chi connectivity index (χ2v) is 8.34. The van der Waals surface area contributed by atoms with Gasteiger partial charge in [-0.05, 0) is 48.6 Å². The number of hydrogen-bond donors (Lipinski definition) is 3. The Balaban J connectivity index is 1.28. The summed E-state index contributed by atoms with van der Waals surface area (Å²) in [6, 6.07) is 17.7. The summed E-state index contributed by atoms with van der Waals surface area (Å²) in [4.78, 5) is 19.6. The van der Waals surface area contributed by atoms with E-state index in [9.17, 15) is 23.1 Å². The molecule has 2 heterocycles. The lowest BCUT2D eigenvalue weighted by atomic mass is 10.0. The molecule has 1 aliphatic rings. The Hall–Kier alpha value is -3.30. The maximum absolute atomic E-state index is 12.8. The van der Waals surface area contributed by atoms with E-state index in [1.807, 2.05) is 42.5 Å². The maximum Gasteiger partial charge on any atom is 0.433 e. The van der Waals surface area contributed by atoms with Gasteiger partial charge in [-0.2, -0.15) is 13.2 Å². The normalized spacial score (nSPS) is 19.1. The molecule has 3 atom stereocenters. The number of halogens is 3. The molecule has 9 heteroatoms. The predicted octanol–water partition coefficient (Wildman–Crippen LogP) is 3.82. The Bertz CT molecular complexity index is 1110. The number of rotatable bonds is 7. The van der Waals surface area contributed by atoms with Gasteiger partial charge in [-0.25, -0.2) is 9.97 Å². The molecule has 178 valence electrons. The Morgan fingerprint density at radius 3 is 2.53 bits per heavy atom. The van der Waals surface area contributed by atoms with Gasteiger partial charge in [-0.3, -0.25) is 4.79 Å². The smallest absolute Gasteiger partial charge is 0.387 e. The Labute approximate surface area is 195 Å². The van der Waals surface area contributed by atoms with E-state index >= 15 is 0 Å². The highest BCUT2D eigenvalue weighted by atomic mass is 19.4. The summed E-state index contributed by atoms with van der Waals surface area (Å²) in [7, 11) is 0. The van der Waals surface area contributed by atoms with E-state index in [4.69, 9.17) is 0 Å². The molecule has 1 aromatic heterocycles. The molecule has 34 heavy (non-hydrogen) atoms. The molecular formula is C25H25F3N4O2. The maximum atomic E-state index is 12.8. The van der Waals surface area contributed by atoms with Gasteiger partial charge in [0.25, 0.3) is 5.91 Å². The summed E-state index contributed by atoms with van der Waals surface area (Å²) in [5.74, 6) is -0.531. The van der Waals surface area contributed by atoms with Crippen LogP contribution in [0, 0.1) is 0 Å². The van der Waals surface area contributed by atoms with E-state index in [-0.39, 0.29) is 24.5 Å². The number of aliphatic hydroxyl groups excluding tert-OH is 1. The SMILES string of the molecule is O=C(NCc1nccc(C(F)(F)F)n1)c1ccc(C[C@@H]2CC[C@H]([C@H](O)c3ccccc3)N2)cc1. The van der Waals surface area contributed by atoms with E-state index < -0.39 is 23.9 Å². The standard InChI is InChI=1S/C25H25F3N4O2/c26-25(27,28)21-12-13-29-22(32-21)15-30-24(34)18-8-6-16(7-9-18)14-19-10-11-20(31-19)23(33)17-4-2-1-3-5-17/h1-9,12-13,19-20,23,31,33H,10-11,14-15H2,(H,30,34)/t19-,20+,23+/m0/s1. The van der Waals surface area contributed by atoms with Gasteiger partial charge in [0.2, 0.25) is 0 Å². The Kier molecular flexibility index (Phi) is 7.23. The number of alkyl halides is 3. The van der Waals surface area contributed by atoms with Gasteiger partial charge in [0.05, 0.1) is 12.6 Å². The van der Waals surface area contributed by atoms with E-state index in [1.165, 1.54) is 0 Å². The first-order chi connectivity index (χ1) is 16.3. The summed E-state index contributed by atoms with van der Waals surface area (Å²) in [5, 5.41) is 16.7. The van der Waals surface area contributed by atoms with Crippen LogP contribution in [-0.2, 0) is 19.1 Å². The van der Waals surface area contributed by atoms with Crippen molar-refractivity contribution in [3.63, 3.8) is 0 Å². The van der Waals surface area contributed by atoms with E-state index in [2.05, 4.69) is 20.6 Å². The number of amides is 1. The van der Waals surface area contributed by atoms with Gasteiger partial charge in [-0.1, -0.05) is 42.5 Å². The Morgan fingerprint density at radius 1 is 1.09 bits per heavy atom. The topological polar surface area (TPSA) is 87.1 Å². The summed E-state index contributed by atoms with van der Waals surface area (Å²) < 4.78 is 38.3. The van der Waals surface area contributed by atoms with E-state index in [0.29, 0.717) is 5.56 Å². The van der Waals surface area contributed by atoms with Crippen molar-refractivity contribution < 1.29 is 23.1 Å². The van der Waals surface area contributed by atoms with Crippen LogP contribution in [0.15, 0.2) is 66.9 Å². The lowest BCUT2D eigenvalue weighted by Crippen LogP contribution is -2.35. The summed E-state index contributed by atoms with van der Waals surface area (Å²) >= 11 is 0. The first-order valence-electron chi connectivity index (χ1n) is 11.0. The van der Waals surface area contributed by atoms with Gasteiger partial charge in [-0.15, -0.1) is 0 Å². The van der Waals surface area contributed by atoms with E-state index in [1.54, 1.807) is 12.1 Å². The molecule has 0 bridgehead atoms. The molecule has 1 saturated heterocycles. The zero-order chi connectivity index (χ0) is 24.1. The van der Waals surface area contributed by atoms with Crippen molar-refractivity contribution in [3.8, 4) is 0 Å². The second-order valence-electron chi connectivity index (χ2n) is 8.34. The van der Waals surface area contributed by atoms with Crippen LogP contribution in [0.1, 0.15) is 51.9 Å². The molecule has 0 aliphatic carbocycles. The number of aliphatic hydroxyl groups is 1. The first-order valence-corrected chi connectivity index (χ1v) is 11.0. The van der Waals surface area contributed by atoms with Gasteiger partial charge < -0.3 is 15.7 Å². The van der Waals surface area contributed by atoms with Crippen LogP contribution in [0.5, 0.6) is 0 Å². The third kappa shape index (κ3) is 5.98. The molecule has 3 aromatic rings. The molecular weight excluding hydrogens is 445 g/mol. The summed E-state index contributed by atoms with van der Waals surface area (Å²) in [6.45, 7) is -0.207. The van der Waals surface area contributed by atoms with Crippen LogP contribution >= 0.6 is 0 Å². The molecule has 3 N–H and O–H groups in total. The molecule has 1 fully saturated rings. The Morgan fingerprint density at radius 2 is 1.82 bits per heavy atom. The van der Waals surface area contributed by atoms with Crippen LogP contribution in [-0.4, -0.2) is 33.1 Å². The molecule has 2 aromatic carbocycles. The second kappa shape index (κ2) is 10.3. The summed E-state index contributed by atoms with van der Waals surface area (Å²) in [6.07, 6.45) is -1.53. The molecule has 6 nitrogen and oxygen atoms in total. The largest absolute Gasteiger partial charge is 0.433 e. The summed E-state index contributed by atoms with van der Waals surface area (Å²) in [5.41, 5.74) is 1.29. The quantitative estimate of drug-likeness (QED) is 0.489. The zero-order valence-corrected chi connectivity index (χ0v) is 18.3. The van der Waals surface area contributed by atoms with E-state index in [0.717, 1.165) is 42.7 Å². The number of nitrogens with one attached hydrogen (secondary N) is 2. The fourth-order valence-electron chi connectivity index (χ4n) is 4.12. The highest BCUT2D eigenvalue weighted by Crippen LogP contribution is 2.27. The van der Waals surface area contributed by atoms with Crippen molar-refractivity contribution in [2.75, 3.05) is 0 Å². The predicted molar refractivity (Wildman–Crippen MR) is 120 cm³/mol. The fourth-order valence-corrected chi connectivity index (χ4v) is 4.12. The number of carbonyl (C=O) groups is 1. The van der Waals surface area contributed by atoms with Crippen LogP contribution in [0.2, 0.25) is 0 Å². The fraction of sp³-hybridized carbons (Fsp3) is 0.320. The van der Waals surface area contributed by atoms with Crippen molar-refractivity contribution in [3.05, 3.63) is 95.1 Å². The third-order valence-corrected chi connectivity index (χ3v) is 5.90. The van der Waals surface area contributed by atoms with Gasteiger partial charge in [0.1, 0.15) is 11.5 Å². The highest BCUT2D eigenvalue weighted by Gasteiger charge is 2.33. The number of benzene rings is 2.